The van der Waals surface area contributed by atoms with Crippen molar-refractivity contribution in [1.29, 1.82) is 0 Å². The first-order valence-corrected chi connectivity index (χ1v) is 9.12. The lowest BCUT2D eigenvalue weighted by Crippen LogP contribution is -2.34. The number of carbonyl (C=O) groups is 2. The summed E-state index contributed by atoms with van der Waals surface area (Å²) in [5, 5.41) is 12.3. The van der Waals surface area contributed by atoms with Crippen LogP contribution in [0.1, 0.15) is 15.9 Å². The van der Waals surface area contributed by atoms with E-state index >= 15 is 0 Å². The zero-order valence-corrected chi connectivity index (χ0v) is 15.7. The van der Waals surface area contributed by atoms with E-state index in [0.717, 1.165) is 0 Å². The summed E-state index contributed by atoms with van der Waals surface area (Å²) in [6.45, 7) is 0.0847. The molecule has 0 aliphatic rings. The average molecular weight is 404 g/mol. The lowest BCUT2D eigenvalue weighted by atomic mass is 10.2. The third kappa shape index (κ3) is 4.27. The summed E-state index contributed by atoms with van der Waals surface area (Å²) in [4.78, 5) is 24.2. The second kappa shape index (κ2) is 8.44. The number of fused-ring (bicyclic) bond motifs is 1. The molecule has 150 valence electrons. The zero-order chi connectivity index (χ0) is 20.9. The van der Waals surface area contributed by atoms with Gasteiger partial charge in [-0.25, -0.2) is 9.18 Å². The number of urea groups is 1. The van der Waals surface area contributed by atoms with Gasteiger partial charge in [0.15, 0.2) is 5.82 Å². The molecular weight excluding hydrogens is 387 g/mol. The van der Waals surface area contributed by atoms with Crippen molar-refractivity contribution in [3.05, 3.63) is 89.7 Å². The highest BCUT2D eigenvalue weighted by Gasteiger charge is 2.14. The number of imide groups is 1. The Morgan fingerprint density at radius 1 is 1.00 bits per heavy atom. The van der Waals surface area contributed by atoms with Gasteiger partial charge in [0.25, 0.3) is 5.91 Å². The summed E-state index contributed by atoms with van der Waals surface area (Å²) in [7, 11) is 0. The van der Waals surface area contributed by atoms with E-state index in [0.29, 0.717) is 27.8 Å². The summed E-state index contributed by atoms with van der Waals surface area (Å²) >= 11 is 0. The smallest absolute Gasteiger partial charge is 0.327 e. The molecule has 7 nitrogen and oxygen atoms in total. The third-order valence-electron chi connectivity index (χ3n) is 4.38. The summed E-state index contributed by atoms with van der Waals surface area (Å²) < 4.78 is 19.3. The number of halogens is 1. The van der Waals surface area contributed by atoms with Crippen LogP contribution >= 0.6 is 0 Å². The summed E-state index contributed by atoms with van der Waals surface area (Å²) in [6.07, 6.45) is 0. The van der Waals surface area contributed by atoms with Gasteiger partial charge in [-0.2, -0.15) is 5.10 Å². The molecule has 1 aromatic heterocycles. The first kappa shape index (κ1) is 19.1. The summed E-state index contributed by atoms with van der Waals surface area (Å²) in [6, 6.07) is 19.2. The molecular formula is C22H17FN4O3. The minimum Gasteiger partial charge on any atom is -0.489 e. The van der Waals surface area contributed by atoms with Crippen molar-refractivity contribution in [2.24, 2.45) is 0 Å². The maximum absolute atomic E-state index is 13.7. The number of hydrogen-bond acceptors (Lipinski definition) is 4. The monoisotopic (exact) mass is 404 g/mol. The van der Waals surface area contributed by atoms with E-state index in [2.05, 4.69) is 20.8 Å². The predicted octanol–water partition coefficient (Wildman–Crippen LogP) is 4.24. The van der Waals surface area contributed by atoms with E-state index in [-0.39, 0.29) is 18.2 Å². The topological polar surface area (TPSA) is 96.1 Å². The number of benzene rings is 3. The van der Waals surface area contributed by atoms with Gasteiger partial charge >= 0.3 is 6.03 Å². The highest BCUT2D eigenvalue weighted by atomic mass is 19.1. The van der Waals surface area contributed by atoms with Crippen LogP contribution in [0, 0.1) is 5.82 Å². The molecule has 30 heavy (non-hydrogen) atoms. The highest BCUT2D eigenvalue weighted by molar-refractivity contribution is 6.09. The van der Waals surface area contributed by atoms with Crippen molar-refractivity contribution in [3.63, 3.8) is 0 Å². The van der Waals surface area contributed by atoms with Crippen LogP contribution < -0.4 is 15.4 Å². The second-order valence-corrected chi connectivity index (χ2v) is 6.43. The van der Waals surface area contributed by atoms with Crippen LogP contribution in [0.25, 0.3) is 10.9 Å². The number of nitrogens with one attached hydrogen (secondary N) is 3. The lowest BCUT2D eigenvalue weighted by Gasteiger charge is -2.07. The molecule has 0 atom stereocenters. The molecule has 0 aliphatic carbocycles. The number of rotatable bonds is 5. The number of amides is 3. The van der Waals surface area contributed by atoms with Crippen molar-refractivity contribution in [2.45, 2.75) is 6.61 Å². The standard InChI is InChI=1S/C22H17FN4O3/c23-18-9-5-4-8-15(18)13-30-16-10-11-17-19(12-16)26-27-20(17)24-22(29)25-21(28)14-6-2-1-3-7-14/h1-12H,13H2,(H3,24,25,26,27,28,29). The van der Waals surface area contributed by atoms with Crippen LogP contribution in [0.2, 0.25) is 0 Å². The normalized spacial score (nSPS) is 10.6. The van der Waals surface area contributed by atoms with Crippen LogP contribution in [0.15, 0.2) is 72.8 Å². The van der Waals surface area contributed by atoms with Gasteiger partial charge in [0.05, 0.1) is 5.52 Å². The molecule has 0 spiro atoms. The molecule has 0 saturated carbocycles. The first-order valence-electron chi connectivity index (χ1n) is 9.12. The fourth-order valence-electron chi connectivity index (χ4n) is 2.86. The van der Waals surface area contributed by atoms with Gasteiger partial charge < -0.3 is 4.74 Å². The minimum absolute atomic E-state index is 0.0847. The maximum Gasteiger partial charge on any atom is 0.327 e. The number of nitrogens with zero attached hydrogens (tertiary/aromatic N) is 1. The van der Waals surface area contributed by atoms with Crippen molar-refractivity contribution >= 4 is 28.7 Å². The molecule has 0 radical (unpaired) electrons. The Kier molecular flexibility index (Phi) is 5.38. The van der Waals surface area contributed by atoms with Gasteiger partial charge in [-0.05, 0) is 30.3 Å². The van der Waals surface area contributed by atoms with E-state index < -0.39 is 11.9 Å². The van der Waals surface area contributed by atoms with Crippen molar-refractivity contribution in [1.82, 2.24) is 15.5 Å². The Morgan fingerprint density at radius 3 is 2.57 bits per heavy atom. The van der Waals surface area contributed by atoms with Gasteiger partial charge in [0, 0.05) is 22.6 Å². The summed E-state index contributed by atoms with van der Waals surface area (Å²) in [5.41, 5.74) is 1.44. The predicted molar refractivity (Wildman–Crippen MR) is 110 cm³/mol. The van der Waals surface area contributed by atoms with Crippen LogP contribution in [0.5, 0.6) is 5.75 Å². The van der Waals surface area contributed by atoms with Crippen LogP contribution in [-0.4, -0.2) is 22.1 Å². The molecule has 8 heteroatoms. The van der Waals surface area contributed by atoms with Crippen molar-refractivity contribution in [3.8, 4) is 5.75 Å². The van der Waals surface area contributed by atoms with Crippen molar-refractivity contribution < 1.29 is 18.7 Å². The number of aromatic amines is 1. The van der Waals surface area contributed by atoms with Gasteiger partial charge in [-0.1, -0.05) is 36.4 Å². The Bertz CT molecular complexity index is 1210. The molecule has 3 amide bonds. The minimum atomic E-state index is -0.697. The fourth-order valence-corrected chi connectivity index (χ4v) is 2.86. The van der Waals surface area contributed by atoms with Gasteiger partial charge in [0.1, 0.15) is 18.2 Å². The molecule has 1 heterocycles. The Balaban J connectivity index is 1.41. The first-order chi connectivity index (χ1) is 14.6. The van der Waals surface area contributed by atoms with E-state index in [1.807, 2.05) is 0 Å². The van der Waals surface area contributed by atoms with E-state index in [1.54, 1.807) is 66.7 Å². The van der Waals surface area contributed by atoms with Crippen LogP contribution in [0.3, 0.4) is 0 Å². The number of carbonyl (C=O) groups excluding carboxylic acids is 2. The van der Waals surface area contributed by atoms with Crippen LogP contribution in [-0.2, 0) is 6.61 Å². The SMILES string of the molecule is O=C(NC(=O)c1ccccc1)Nc1n[nH]c2cc(OCc3ccccc3F)ccc12. The molecule has 4 rings (SSSR count). The van der Waals surface area contributed by atoms with Crippen molar-refractivity contribution in [2.75, 3.05) is 5.32 Å². The summed E-state index contributed by atoms with van der Waals surface area (Å²) in [5.74, 6) is -0.0619. The molecule has 0 bridgehead atoms. The van der Waals surface area contributed by atoms with Gasteiger partial charge in [-0.15, -0.1) is 0 Å². The quantitative estimate of drug-likeness (QED) is 0.463. The molecule has 0 aliphatic heterocycles. The van der Waals surface area contributed by atoms with E-state index in [4.69, 9.17) is 4.74 Å². The third-order valence-corrected chi connectivity index (χ3v) is 4.38. The maximum atomic E-state index is 13.7. The molecule has 3 N–H and O–H groups in total. The Labute approximate surface area is 170 Å². The zero-order valence-electron chi connectivity index (χ0n) is 15.7. The molecule has 3 aromatic carbocycles. The Hall–Kier alpha value is -4.20. The van der Waals surface area contributed by atoms with E-state index in [9.17, 15) is 14.0 Å². The number of aromatic nitrogens is 2. The van der Waals surface area contributed by atoms with Gasteiger partial charge in [0.2, 0.25) is 0 Å². The number of anilines is 1. The number of H-pyrrole nitrogens is 1. The highest BCUT2D eigenvalue weighted by Crippen LogP contribution is 2.25. The Morgan fingerprint density at radius 2 is 1.77 bits per heavy atom. The largest absolute Gasteiger partial charge is 0.489 e. The molecule has 0 fully saturated rings. The molecule has 4 aromatic rings. The molecule has 0 saturated heterocycles. The number of ether oxygens (including phenoxy) is 1. The second-order valence-electron chi connectivity index (χ2n) is 6.43. The number of hydrogen-bond donors (Lipinski definition) is 3. The van der Waals surface area contributed by atoms with Gasteiger partial charge in [-0.3, -0.25) is 20.5 Å². The van der Waals surface area contributed by atoms with E-state index in [1.165, 1.54) is 6.07 Å². The average Bonchev–Trinajstić information content (AvgIpc) is 3.15. The fraction of sp³-hybridized carbons (Fsp3) is 0.0455. The molecule has 0 unspecified atom stereocenters. The lowest BCUT2D eigenvalue weighted by molar-refractivity contribution is 0.0967. The van der Waals surface area contributed by atoms with Crippen LogP contribution in [0.4, 0.5) is 15.0 Å².